The highest BCUT2D eigenvalue weighted by molar-refractivity contribution is 4.85. The molecule has 0 amide bonds. The van der Waals surface area contributed by atoms with Crippen LogP contribution in [0.25, 0.3) is 0 Å². The summed E-state index contributed by atoms with van der Waals surface area (Å²) >= 11 is 0. The zero-order valence-corrected chi connectivity index (χ0v) is 11.1. The van der Waals surface area contributed by atoms with Crippen LogP contribution in [0.1, 0.15) is 26.7 Å². The molecule has 1 aliphatic carbocycles. The smallest absolute Gasteiger partial charge is 0.0169 e. The maximum absolute atomic E-state index is 3.75. The minimum Gasteiger partial charge on any atom is -0.310 e. The van der Waals surface area contributed by atoms with Gasteiger partial charge in [0.2, 0.25) is 0 Å². The highest BCUT2D eigenvalue weighted by Crippen LogP contribution is 2.32. The van der Waals surface area contributed by atoms with Crippen LogP contribution in [0, 0.1) is 5.92 Å². The second kappa shape index (κ2) is 5.48. The molecule has 2 fully saturated rings. The van der Waals surface area contributed by atoms with Crippen molar-refractivity contribution in [1.29, 1.82) is 0 Å². The molecule has 16 heavy (non-hydrogen) atoms. The van der Waals surface area contributed by atoms with Crippen molar-refractivity contribution in [3.05, 3.63) is 0 Å². The normalized spacial score (nSPS) is 27.9. The Balaban J connectivity index is 1.64. The Morgan fingerprint density at radius 2 is 1.75 bits per heavy atom. The highest BCUT2D eigenvalue weighted by Gasteiger charge is 2.28. The summed E-state index contributed by atoms with van der Waals surface area (Å²) in [6, 6.07) is 1.36. The van der Waals surface area contributed by atoms with E-state index < -0.39 is 0 Å². The van der Waals surface area contributed by atoms with Crippen LogP contribution in [-0.4, -0.2) is 61.7 Å². The highest BCUT2D eigenvalue weighted by atomic mass is 15.3. The molecular formula is C13H27N3. The number of nitrogens with one attached hydrogen (secondary N) is 1. The standard InChI is InChI=1S/C13H27N3/c1-11(14-12(2)13-4-5-13)10-16-8-6-15(3)7-9-16/h11-14H,4-10H2,1-3H3. The van der Waals surface area contributed by atoms with Crippen molar-refractivity contribution in [2.24, 2.45) is 5.92 Å². The van der Waals surface area contributed by atoms with Gasteiger partial charge >= 0.3 is 0 Å². The van der Waals surface area contributed by atoms with E-state index >= 15 is 0 Å². The first-order valence-corrected chi connectivity index (χ1v) is 6.82. The van der Waals surface area contributed by atoms with E-state index in [1.165, 1.54) is 45.6 Å². The number of piperazine rings is 1. The average molecular weight is 225 g/mol. The lowest BCUT2D eigenvalue weighted by molar-refractivity contribution is 0.142. The van der Waals surface area contributed by atoms with Gasteiger partial charge < -0.3 is 10.2 Å². The minimum atomic E-state index is 0.638. The molecule has 0 aromatic rings. The van der Waals surface area contributed by atoms with Gasteiger partial charge in [-0.3, -0.25) is 4.90 Å². The molecule has 2 unspecified atom stereocenters. The predicted molar refractivity (Wildman–Crippen MR) is 68.7 cm³/mol. The molecule has 3 heteroatoms. The second-order valence-corrected chi connectivity index (χ2v) is 5.80. The van der Waals surface area contributed by atoms with Crippen molar-refractivity contribution >= 4 is 0 Å². The molecule has 1 aliphatic heterocycles. The Labute approximate surface area is 100 Å². The molecule has 1 saturated carbocycles. The number of likely N-dealkylation sites (N-methyl/N-ethyl adjacent to an activating group) is 1. The molecule has 1 saturated heterocycles. The first-order valence-electron chi connectivity index (χ1n) is 6.82. The lowest BCUT2D eigenvalue weighted by atomic mass is 10.2. The van der Waals surface area contributed by atoms with Gasteiger partial charge in [0.15, 0.2) is 0 Å². The summed E-state index contributed by atoms with van der Waals surface area (Å²) < 4.78 is 0. The molecule has 2 atom stereocenters. The molecule has 3 nitrogen and oxygen atoms in total. The van der Waals surface area contributed by atoms with Crippen molar-refractivity contribution < 1.29 is 0 Å². The van der Waals surface area contributed by atoms with Gasteiger partial charge in [-0.15, -0.1) is 0 Å². The molecule has 2 aliphatic rings. The molecule has 0 spiro atoms. The SMILES string of the molecule is CC(CN1CCN(C)CC1)NC(C)C1CC1. The fourth-order valence-electron chi connectivity index (χ4n) is 2.65. The van der Waals surface area contributed by atoms with Crippen LogP contribution in [0.2, 0.25) is 0 Å². The van der Waals surface area contributed by atoms with E-state index in [9.17, 15) is 0 Å². The van der Waals surface area contributed by atoms with E-state index in [0.29, 0.717) is 6.04 Å². The summed E-state index contributed by atoms with van der Waals surface area (Å²) in [6.45, 7) is 10.8. The first kappa shape index (κ1) is 12.3. The fourth-order valence-corrected chi connectivity index (χ4v) is 2.65. The number of nitrogens with zero attached hydrogens (tertiary/aromatic N) is 2. The predicted octanol–water partition coefficient (Wildman–Crippen LogP) is 1.01. The maximum Gasteiger partial charge on any atom is 0.0169 e. The molecule has 0 radical (unpaired) electrons. The van der Waals surface area contributed by atoms with Crippen molar-refractivity contribution in [3.63, 3.8) is 0 Å². The molecule has 0 aromatic heterocycles. The minimum absolute atomic E-state index is 0.638. The van der Waals surface area contributed by atoms with Crippen LogP contribution >= 0.6 is 0 Å². The second-order valence-electron chi connectivity index (χ2n) is 5.80. The van der Waals surface area contributed by atoms with Crippen molar-refractivity contribution in [2.75, 3.05) is 39.8 Å². The van der Waals surface area contributed by atoms with Gasteiger partial charge in [-0.2, -0.15) is 0 Å². The Morgan fingerprint density at radius 3 is 2.31 bits per heavy atom. The van der Waals surface area contributed by atoms with Crippen molar-refractivity contribution in [1.82, 2.24) is 15.1 Å². The number of hydrogen-bond donors (Lipinski definition) is 1. The third-order valence-electron chi connectivity index (χ3n) is 4.00. The molecule has 0 bridgehead atoms. The molecule has 1 N–H and O–H groups in total. The van der Waals surface area contributed by atoms with E-state index in [0.717, 1.165) is 12.0 Å². The van der Waals surface area contributed by atoms with Crippen LogP contribution in [0.3, 0.4) is 0 Å². The maximum atomic E-state index is 3.75. The average Bonchev–Trinajstić information content (AvgIpc) is 3.04. The quantitative estimate of drug-likeness (QED) is 0.753. The summed E-state index contributed by atoms with van der Waals surface area (Å²) in [5.74, 6) is 0.968. The van der Waals surface area contributed by atoms with Gasteiger partial charge in [0.25, 0.3) is 0 Å². The largest absolute Gasteiger partial charge is 0.310 e. The summed E-state index contributed by atoms with van der Waals surface area (Å²) in [5, 5.41) is 3.75. The molecule has 1 heterocycles. The van der Waals surface area contributed by atoms with Gasteiger partial charge in [-0.05, 0) is 39.7 Å². The lowest BCUT2D eigenvalue weighted by Gasteiger charge is -2.34. The van der Waals surface area contributed by atoms with Crippen molar-refractivity contribution in [2.45, 2.75) is 38.8 Å². The molecular weight excluding hydrogens is 198 g/mol. The molecule has 94 valence electrons. The van der Waals surface area contributed by atoms with E-state index in [2.05, 4.69) is 36.0 Å². The fraction of sp³-hybridized carbons (Fsp3) is 1.00. The molecule has 2 rings (SSSR count). The van der Waals surface area contributed by atoms with E-state index in [-0.39, 0.29) is 0 Å². The first-order chi connectivity index (χ1) is 7.65. The van der Waals surface area contributed by atoms with Gasteiger partial charge in [0.05, 0.1) is 0 Å². The van der Waals surface area contributed by atoms with Crippen LogP contribution < -0.4 is 5.32 Å². The van der Waals surface area contributed by atoms with Crippen LogP contribution in [0.5, 0.6) is 0 Å². The Hall–Kier alpha value is -0.120. The summed E-state index contributed by atoms with van der Waals surface area (Å²) in [5.41, 5.74) is 0. The van der Waals surface area contributed by atoms with Gasteiger partial charge in [0, 0.05) is 44.8 Å². The van der Waals surface area contributed by atoms with Gasteiger partial charge in [-0.1, -0.05) is 0 Å². The topological polar surface area (TPSA) is 18.5 Å². The number of hydrogen-bond acceptors (Lipinski definition) is 3. The van der Waals surface area contributed by atoms with Gasteiger partial charge in [0.1, 0.15) is 0 Å². The number of rotatable bonds is 5. The van der Waals surface area contributed by atoms with Crippen LogP contribution in [-0.2, 0) is 0 Å². The zero-order valence-electron chi connectivity index (χ0n) is 11.1. The van der Waals surface area contributed by atoms with E-state index in [1.54, 1.807) is 0 Å². The van der Waals surface area contributed by atoms with Crippen LogP contribution in [0.15, 0.2) is 0 Å². The van der Waals surface area contributed by atoms with E-state index in [1.807, 2.05) is 0 Å². The Morgan fingerprint density at radius 1 is 1.12 bits per heavy atom. The van der Waals surface area contributed by atoms with E-state index in [4.69, 9.17) is 0 Å². The Kier molecular flexibility index (Phi) is 4.22. The third-order valence-corrected chi connectivity index (χ3v) is 4.00. The van der Waals surface area contributed by atoms with Gasteiger partial charge in [-0.25, -0.2) is 0 Å². The molecule has 0 aromatic carbocycles. The summed E-state index contributed by atoms with van der Waals surface area (Å²) in [6.07, 6.45) is 2.88. The van der Waals surface area contributed by atoms with Crippen molar-refractivity contribution in [3.8, 4) is 0 Å². The lowest BCUT2D eigenvalue weighted by Crippen LogP contribution is -2.50. The zero-order chi connectivity index (χ0) is 11.5. The van der Waals surface area contributed by atoms with Crippen LogP contribution in [0.4, 0.5) is 0 Å². The monoisotopic (exact) mass is 225 g/mol. The summed E-state index contributed by atoms with van der Waals surface area (Å²) in [7, 11) is 2.22. The third kappa shape index (κ3) is 3.72. The Bertz CT molecular complexity index is 207. The summed E-state index contributed by atoms with van der Waals surface area (Å²) in [4.78, 5) is 5.01.